The van der Waals surface area contributed by atoms with Crippen molar-refractivity contribution >= 4 is 46.2 Å². The smallest absolute Gasteiger partial charge is 0.257 e. The van der Waals surface area contributed by atoms with Gasteiger partial charge in [-0.25, -0.2) is 0 Å². The molecule has 0 atom stereocenters. The summed E-state index contributed by atoms with van der Waals surface area (Å²) in [4.78, 5) is 14.8. The number of morpholine rings is 1. The van der Waals surface area contributed by atoms with Crippen molar-refractivity contribution in [2.45, 2.75) is 6.92 Å². The molecule has 1 aliphatic rings. The van der Waals surface area contributed by atoms with Crippen LogP contribution in [-0.2, 0) is 4.74 Å². The molecule has 1 heterocycles. The lowest BCUT2D eigenvalue weighted by Crippen LogP contribution is -2.36. The van der Waals surface area contributed by atoms with Gasteiger partial charge in [-0.15, -0.1) is 0 Å². The number of rotatable bonds is 3. The number of amides is 1. The van der Waals surface area contributed by atoms with Crippen LogP contribution >= 0.6 is 23.2 Å². The maximum atomic E-state index is 12.5. The molecule has 0 aliphatic carbocycles. The molecule has 1 amide bonds. The van der Waals surface area contributed by atoms with Crippen LogP contribution < -0.4 is 16.0 Å². The maximum absolute atomic E-state index is 12.5. The highest BCUT2D eigenvalue weighted by Gasteiger charge is 2.17. The van der Waals surface area contributed by atoms with Crippen molar-refractivity contribution < 1.29 is 9.53 Å². The number of anilines is 3. The second kappa shape index (κ2) is 7.52. The van der Waals surface area contributed by atoms with Crippen LogP contribution in [0.2, 0.25) is 10.0 Å². The SMILES string of the molecule is Cc1cc(N)c(NC(=O)c2ccc(Cl)cc2Cl)cc1N1CCOCC1. The summed E-state index contributed by atoms with van der Waals surface area (Å²) in [5, 5.41) is 3.62. The van der Waals surface area contributed by atoms with E-state index in [1.54, 1.807) is 12.1 Å². The highest BCUT2D eigenvalue weighted by molar-refractivity contribution is 6.37. The third-order valence-electron chi connectivity index (χ3n) is 4.14. The number of carbonyl (C=O) groups is 1. The number of ether oxygens (including phenoxy) is 1. The number of nitrogen functional groups attached to an aromatic ring is 1. The normalized spacial score (nSPS) is 14.4. The van der Waals surface area contributed by atoms with Crippen LogP contribution in [0.5, 0.6) is 0 Å². The number of nitrogens with one attached hydrogen (secondary N) is 1. The fraction of sp³-hybridized carbons (Fsp3) is 0.278. The molecule has 25 heavy (non-hydrogen) atoms. The molecule has 1 fully saturated rings. The predicted octanol–water partition coefficient (Wildman–Crippen LogP) is 3.97. The van der Waals surface area contributed by atoms with E-state index in [1.807, 2.05) is 19.1 Å². The van der Waals surface area contributed by atoms with E-state index in [9.17, 15) is 4.79 Å². The molecule has 0 saturated carbocycles. The molecular formula is C18H19Cl2N3O2. The zero-order valence-electron chi connectivity index (χ0n) is 13.8. The van der Waals surface area contributed by atoms with Crippen LogP contribution in [-0.4, -0.2) is 32.2 Å². The largest absolute Gasteiger partial charge is 0.397 e. The average Bonchev–Trinajstić information content (AvgIpc) is 2.58. The van der Waals surface area contributed by atoms with Crippen molar-refractivity contribution in [1.29, 1.82) is 0 Å². The lowest BCUT2D eigenvalue weighted by atomic mass is 10.1. The lowest BCUT2D eigenvalue weighted by molar-refractivity contribution is 0.102. The number of hydrogen-bond donors (Lipinski definition) is 2. The van der Waals surface area contributed by atoms with E-state index in [4.69, 9.17) is 33.7 Å². The molecule has 0 bridgehead atoms. The van der Waals surface area contributed by atoms with Gasteiger partial charge in [-0.2, -0.15) is 0 Å². The van der Waals surface area contributed by atoms with E-state index in [0.29, 0.717) is 40.2 Å². The molecular weight excluding hydrogens is 361 g/mol. The number of benzene rings is 2. The topological polar surface area (TPSA) is 67.6 Å². The summed E-state index contributed by atoms with van der Waals surface area (Å²) in [5.41, 5.74) is 9.60. The van der Waals surface area contributed by atoms with Crippen molar-refractivity contribution in [3.05, 3.63) is 51.5 Å². The van der Waals surface area contributed by atoms with E-state index in [2.05, 4.69) is 10.2 Å². The van der Waals surface area contributed by atoms with E-state index >= 15 is 0 Å². The highest BCUT2D eigenvalue weighted by Crippen LogP contribution is 2.31. The molecule has 3 N–H and O–H groups in total. The first-order chi connectivity index (χ1) is 12.0. The highest BCUT2D eigenvalue weighted by atomic mass is 35.5. The third kappa shape index (κ3) is 4.00. The van der Waals surface area contributed by atoms with Crippen molar-refractivity contribution in [3.8, 4) is 0 Å². The zero-order chi connectivity index (χ0) is 18.0. The van der Waals surface area contributed by atoms with Crippen molar-refractivity contribution in [2.24, 2.45) is 0 Å². The minimum absolute atomic E-state index is 0.295. The second-order valence-electron chi connectivity index (χ2n) is 5.90. The van der Waals surface area contributed by atoms with Gasteiger partial charge in [0, 0.05) is 23.8 Å². The summed E-state index contributed by atoms with van der Waals surface area (Å²) < 4.78 is 5.40. The molecule has 3 rings (SSSR count). The van der Waals surface area contributed by atoms with Gasteiger partial charge in [-0.3, -0.25) is 4.79 Å². The zero-order valence-corrected chi connectivity index (χ0v) is 15.3. The number of hydrogen-bond acceptors (Lipinski definition) is 4. The van der Waals surface area contributed by atoms with Crippen molar-refractivity contribution in [2.75, 3.05) is 42.3 Å². The minimum Gasteiger partial charge on any atom is -0.397 e. The van der Waals surface area contributed by atoms with Crippen LogP contribution in [0.4, 0.5) is 17.1 Å². The maximum Gasteiger partial charge on any atom is 0.257 e. The predicted molar refractivity (Wildman–Crippen MR) is 103 cm³/mol. The summed E-state index contributed by atoms with van der Waals surface area (Å²) in [6, 6.07) is 8.52. The van der Waals surface area contributed by atoms with Crippen molar-refractivity contribution in [1.82, 2.24) is 0 Å². The van der Waals surface area contributed by atoms with Gasteiger partial charge in [0.1, 0.15) is 0 Å². The van der Waals surface area contributed by atoms with Gasteiger partial charge in [-0.1, -0.05) is 23.2 Å². The Morgan fingerprint density at radius 3 is 2.60 bits per heavy atom. The van der Waals surface area contributed by atoms with Crippen molar-refractivity contribution in [3.63, 3.8) is 0 Å². The van der Waals surface area contributed by atoms with Crippen LogP contribution in [0.25, 0.3) is 0 Å². The number of nitrogens with two attached hydrogens (primary N) is 1. The van der Waals surface area contributed by atoms with Crippen LogP contribution in [0.3, 0.4) is 0 Å². The molecule has 2 aromatic carbocycles. The monoisotopic (exact) mass is 379 g/mol. The second-order valence-corrected chi connectivity index (χ2v) is 6.75. The Labute approximate surface area is 156 Å². The van der Waals surface area contributed by atoms with Crippen LogP contribution in [0.1, 0.15) is 15.9 Å². The van der Waals surface area contributed by atoms with E-state index in [1.165, 1.54) is 6.07 Å². The van der Waals surface area contributed by atoms with Gasteiger partial charge >= 0.3 is 0 Å². The summed E-state index contributed by atoms with van der Waals surface area (Å²) in [6.07, 6.45) is 0. The summed E-state index contributed by atoms with van der Waals surface area (Å²) >= 11 is 12.0. The standard InChI is InChI=1S/C18H19Cl2N3O2/c1-11-8-15(21)16(10-17(11)23-4-6-25-7-5-23)22-18(24)13-3-2-12(19)9-14(13)20/h2-3,8-10H,4-7,21H2,1H3,(H,22,24). The molecule has 7 heteroatoms. The molecule has 2 aromatic rings. The first-order valence-corrected chi connectivity index (χ1v) is 8.70. The first kappa shape index (κ1) is 17.9. The Morgan fingerprint density at radius 2 is 1.92 bits per heavy atom. The molecule has 0 spiro atoms. The summed E-state index contributed by atoms with van der Waals surface area (Å²) in [5.74, 6) is -0.329. The van der Waals surface area contributed by atoms with Gasteiger partial charge in [0.25, 0.3) is 5.91 Å². The lowest BCUT2D eigenvalue weighted by Gasteiger charge is -2.30. The van der Waals surface area contributed by atoms with E-state index in [-0.39, 0.29) is 5.91 Å². The minimum atomic E-state index is -0.329. The molecule has 0 radical (unpaired) electrons. The fourth-order valence-electron chi connectivity index (χ4n) is 2.84. The van der Waals surface area contributed by atoms with E-state index < -0.39 is 0 Å². The van der Waals surface area contributed by atoms with Crippen LogP contribution in [0, 0.1) is 6.92 Å². The van der Waals surface area contributed by atoms with Gasteiger partial charge in [0.15, 0.2) is 0 Å². The Bertz CT molecular complexity index is 805. The summed E-state index contributed by atoms with van der Waals surface area (Å²) in [6.45, 7) is 4.99. The Balaban J connectivity index is 1.87. The Morgan fingerprint density at radius 1 is 1.20 bits per heavy atom. The Hall–Kier alpha value is -1.95. The molecule has 1 saturated heterocycles. The molecule has 0 unspecified atom stereocenters. The molecule has 5 nitrogen and oxygen atoms in total. The van der Waals surface area contributed by atoms with Crippen LogP contribution in [0.15, 0.2) is 30.3 Å². The van der Waals surface area contributed by atoms with Gasteiger partial charge in [-0.05, 0) is 42.8 Å². The average molecular weight is 380 g/mol. The molecule has 132 valence electrons. The molecule has 1 aliphatic heterocycles. The molecule has 0 aromatic heterocycles. The van der Waals surface area contributed by atoms with Gasteiger partial charge in [0.2, 0.25) is 0 Å². The number of aryl methyl sites for hydroxylation is 1. The van der Waals surface area contributed by atoms with Gasteiger partial charge in [0.05, 0.1) is 35.2 Å². The summed E-state index contributed by atoms with van der Waals surface area (Å²) in [7, 11) is 0. The fourth-order valence-corrected chi connectivity index (χ4v) is 3.33. The van der Waals surface area contributed by atoms with E-state index in [0.717, 1.165) is 24.3 Å². The number of halogens is 2. The first-order valence-electron chi connectivity index (χ1n) is 7.95. The third-order valence-corrected chi connectivity index (χ3v) is 4.69. The number of nitrogens with zero attached hydrogens (tertiary/aromatic N) is 1. The van der Waals surface area contributed by atoms with Gasteiger partial charge < -0.3 is 20.7 Å². The Kier molecular flexibility index (Phi) is 5.37. The number of carbonyl (C=O) groups excluding carboxylic acids is 1. The quantitative estimate of drug-likeness (QED) is 0.791.